The smallest absolute Gasteiger partial charge is 0.407 e. The number of alkyl carbamates (subject to hydrolysis) is 1. The molecule has 0 rings (SSSR count). The summed E-state index contributed by atoms with van der Waals surface area (Å²) >= 11 is 0. The molecule has 228 valence electrons. The van der Waals surface area contributed by atoms with E-state index in [0.717, 1.165) is 45.1 Å². The van der Waals surface area contributed by atoms with Crippen LogP contribution in [0, 0.1) is 0 Å². The molecule has 0 aliphatic carbocycles. The molecule has 5 N–H and O–H groups in total. The van der Waals surface area contributed by atoms with Crippen LogP contribution in [0.2, 0.25) is 0 Å². The van der Waals surface area contributed by atoms with Gasteiger partial charge in [-0.3, -0.25) is 19.2 Å². The molecule has 0 atom stereocenters. The van der Waals surface area contributed by atoms with Crippen LogP contribution in [0.15, 0.2) is 0 Å². The molecule has 0 aliphatic rings. The predicted octanol–water partition coefficient (Wildman–Crippen LogP) is 1.77. The van der Waals surface area contributed by atoms with Gasteiger partial charge in [0.05, 0.1) is 0 Å². The summed E-state index contributed by atoms with van der Waals surface area (Å²) in [4.78, 5) is 59.2. The van der Waals surface area contributed by atoms with E-state index in [1.54, 1.807) is 16.7 Å². The van der Waals surface area contributed by atoms with Gasteiger partial charge in [-0.1, -0.05) is 0 Å². The maximum Gasteiger partial charge on any atom is 0.407 e. The second-order valence-electron chi connectivity index (χ2n) is 10.3. The Labute approximate surface area is 235 Å². The zero-order valence-electron chi connectivity index (χ0n) is 25.3. The SMILES string of the molecule is CC(=O)NCCCN(CCCCN)C(C)=O.CC(=O)NCCCN(CCCCNC(=O)OC(C)(C)C)C(C)=O. The van der Waals surface area contributed by atoms with Gasteiger partial charge in [-0.15, -0.1) is 0 Å². The fourth-order valence-electron chi connectivity index (χ4n) is 3.30. The average molecular weight is 559 g/mol. The number of hydrogen-bond donors (Lipinski definition) is 4. The lowest BCUT2D eigenvalue weighted by Gasteiger charge is -2.21. The molecule has 0 heterocycles. The van der Waals surface area contributed by atoms with Crippen LogP contribution in [-0.2, 0) is 23.9 Å². The number of hydrogen-bond acceptors (Lipinski definition) is 7. The molecule has 0 bridgehead atoms. The number of nitrogens with zero attached hydrogens (tertiary/aromatic N) is 2. The number of unbranched alkanes of at least 4 members (excludes halogenated alkanes) is 2. The van der Waals surface area contributed by atoms with Gasteiger partial charge >= 0.3 is 6.09 Å². The molecule has 0 aliphatic heterocycles. The summed E-state index contributed by atoms with van der Waals surface area (Å²) in [6.07, 6.45) is 4.56. The Morgan fingerprint density at radius 2 is 1.00 bits per heavy atom. The van der Waals surface area contributed by atoms with Crippen molar-refractivity contribution in [3.63, 3.8) is 0 Å². The Morgan fingerprint density at radius 3 is 1.36 bits per heavy atom. The fraction of sp³-hybridized carbons (Fsp3) is 0.815. The molecule has 0 saturated carbocycles. The van der Waals surface area contributed by atoms with E-state index in [9.17, 15) is 24.0 Å². The van der Waals surface area contributed by atoms with Gasteiger partial charge in [-0.05, 0) is 65.8 Å². The summed E-state index contributed by atoms with van der Waals surface area (Å²) in [5.74, 6) is 0.0119. The summed E-state index contributed by atoms with van der Waals surface area (Å²) in [5.41, 5.74) is 4.90. The van der Waals surface area contributed by atoms with Gasteiger partial charge in [-0.2, -0.15) is 0 Å². The third kappa shape index (κ3) is 27.9. The van der Waals surface area contributed by atoms with Crippen LogP contribution >= 0.6 is 0 Å². The lowest BCUT2D eigenvalue weighted by Crippen LogP contribution is -2.34. The maximum absolute atomic E-state index is 11.5. The van der Waals surface area contributed by atoms with Gasteiger partial charge in [0.15, 0.2) is 0 Å². The molecule has 0 spiro atoms. The molecule has 12 heteroatoms. The van der Waals surface area contributed by atoms with Gasteiger partial charge in [0.2, 0.25) is 23.6 Å². The molecule has 0 aromatic rings. The average Bonchev–Trinajstić information content (AvgIpc) is 2.80. The Bertz CT molecular complexity index is 726. The van der Waals surface area contributed by atoms with E-state index in [1.165, 1.54) is 20.8 Å². The summed E-state index contributed by atoms with van der Waals surface area (Å²) in [7, 11) is 0. The van der Waals surface area contributed by atoms with E-state index < -0.39 is 11.7 Å². The zero-order valence-corrected chi connectivity index (χ0v) is 25.3. The van der Waals surface area contributed by atoms with E-state index in [2.05, 4.69) is 16.0 Å². The number of carbonyl (C=O) groups excluding carboxylic acids is 5. The quantitative estimate of drug-likeness (QED) is 0.198. The number of nitrogens with one attached hydrogen (secondary N) is 3. The van der Waals surface area contributed by atoms with Crippen LogP contribution in [0.1, 0.15) is 87.0 Å². The van der Waals surface area contributed by atoms with Crippen LogP contribution < -0.4 is 21.7 Å². The van der Waals surface area contributed by atoms with Crippen molar-refractivity contribution < 1.29 is 28.7 Å². The molecular weight excluding hydrogens is 504 g/mol. The topological polar surface area (TPSA) is 163 Å². The van der Waals surface area contributed by atoms with E-state index in [-0.39, 0.29) is 23.6 Å². The Morgan fingerprint density at radius 1 is 0.615 bits per heavy atom. The highest BCUT2D eigenvalue weighted by Gasteiger charge is 2.15. The largest absolute Gasteiger partial charge is 0.444 e. The Balaban J connectivity index is 0. The van der Waals surface area contributed by atoms with Crippen LogP contribution in [0.25, 0.3) is 0 Å². The van der Waals surface area contributed by atoms with Gasteiger partial charge in [0.25, 0.3) is 0 Å². The molecular formula is C27H54N6O6. The zero-order chi connectivity index (χ0) is 30.3. The highest BCUT2D eigenvalue weighted by Crippen LogP contribution is 2.06. The lowest BCUT2D eigenvalue weighted by molar-refractivity contribution is -0.129. The van der Waals surface area contributed by atoms with Crippen LogP contribution in [0.4, 0.5) is 4.79 Å². The van der Waals surface area contributed by atoms with Crippen molar-refractivity contribution in [1.82, 2.24) is 25.8 Å². The normalized spacial score (nSPS) is 10.5. The minimum atomic E-state index is -0.497. The van der Waals surface area contributed by atoms with Crippen molar-refractivity contribution in [3.05, 3.63) is 0 Å². The highest BCUT2D eigenvalue weighted by atomic mass is 16.6. The molecule has 5 amide bonds. The minimum absolute atomic E-state index is 0.0212. The van der Waals surface area contributed by atoms with Gasteiger partial charge in [-0.25, -0.2) is 4.79 Å². The standard InChI is InChI=1S/C16H31N3O4.C11H23N3O2/c1-13(20)17-10-8-12-19(14(2)21)11-7-6-9-18-15(22)23-16(3,4)5;1-10(15)13-7-5-9-14(11(2)16)8-4-3-6-12/h6-12H2,1-5H3,(H,17,20)(H,18,22);3-9,12H2,1-2H3,(H,13,15). The molecule has 0 unspecified atom stereocenters. The van der Waals surface area contributed by atoms with E-state index >= 15 is 0 Å². The van der Waals surface area contributed by atoms with Crippen molar-refractivity contribution in [1.29, 1.82) is 0 Å². The molecule has 39 heavy (non-hydrogen) atoms. The summed E-state index contributed by atoms with van der Waals surface area (Å²) in [5, 5.41) is 8.11. The van der Waals surface area contributed by atoms with Crippen LogP contribution in [0.5, 0.6) is 0 Å². The van der Waals surface area contributed by atoms with Crippen molar-refractivity contribution in [3.8, 4) is 0 Å². The molecule has 0 aromatic heterocycles. The van der Waals surface area contributed by atoms with Crippen molar-refractivity contribution in [2.24, 2.45) is 5.73 Å². The van der Waals surface area contributed by atoms with Crippen molar-refractivity contribution in [2.75, 3.05) is 52.4 Å². The summed E-state index contributed by atoms with van der Waals surface area (Å²) < 4.78 is 5.14. The second kappa shape index (κ2) is 23.0. The van der Waals surface area contributed by atoms with Gasteiger partial charge in [0.1, 0.15) is 5.60 Å². The first-order chi connectivity index (χ1) is 18.2. The molecule has 0 saturated heterocycles. The number of amides is 5. The molecule has 0 fully saturated rings. The van der Waals surface area contributed by atoms with Gasteiger partial charge in [0, 0.05) is 73.5 Å². The van der Waals surface area contributed by atoms with E-state index in [1.807, 2.05) is 20.8 Å². The Hall–Kier alpha value is -2.89. The first-order valence-electron chi connectivity index (χ1n) is 13.9. The summed E-state index contributed by atoms with van der Waals surface area (Å²) in [6, 6.07) is 0. The lowest BCUT2D eigenvalue weighted by atomic mass is 10.2. The molecule has 0 aromatic carbocycles. The highest BCUT2D eigenvalue weighted by molar-refractivity contribution is 5.74. The van der Waals surface area contributed by atoms with Crippen molar-refractivity contribution >= 4 is 29.7 Å². The number of rotatable bonds is 17. The minimum Gasteiger partial charge on any atom is -0.444 e. The van der Waals surface area contributed by atoms with Crippen LogP contribution in [0.3, 0.4) is 0 Å². The maximum atomic E-state index is 11.5. The van der Waals surface area contributed by atoms with E-state index in [0.29, 0.717) is 45.8 Å². The summed E-state index contributed by atoms with van der Waals surface area (Å²) in [6.45, 7) is 16.6. The number of carbonyl (C=O) groups is 5. The Kier molecular flexibility index (Phi) is 22.6. The first-order valence-corrected chi connectivity index (χ1v) is 13.9. The fourth-order valence-corrected chi connectivity index (χ4v) is 3.30. The van der Waals surface area contributed by atoms with E-state index in [4.69, 9.17) is 10.5 Å². The first kappa shape index (κ1) is 38.3. The van der Waals surface area contributed by atoms with Crippen molar-refractivity contribution in [2.45, 2.75) is 92.6 Å². The third-order valence-electron chi connectivity index (χ3n) is 5.25. The monoisotopic (exact) mass is 558 g/mol. The predicted molar refractivity (Wildman–Crippen MR) is 153 cm³/mol. The van der Waals surface area contributed by atoms with Gasteiger partial charge < -0.3 is 36.2 Å². The number of nitrogens with two attached hydrogens (primary N) is 1. The third-order valence-corrected chi connectivity index (χ3v) is 5.25. The van der Waals surface area contributed by atoms with Crippen LogP contribution in [-0.4, -0.2) is 97.5 Å². The second-order valence-corrected chi connectivity index (χ2v) is 10.3. The molecule has 12 nitrogen and oxygen atoms in total. The molecule has 0 radical (unpaired) electrons. The number of ether oxygens (including phenoxy) is 1.